The summed E-state index contributed by atoms with van der Waals surface area (Å²) in [6.07, 6.45) is 0.882. The topological polar surface area (TPSA) is 76.9 Å². The molecule has 1 heterocycles. The molecule has 0 fully saturated rings. The molecule has 5 nitrogen and oxygen atoms in total. The highest BCUT2D eigenvalue weighted by Crippen LogP contribution is 2.27. The van der Waals surface area contributed by atoms with Gasteiger partial charge in [-0.3, -0.25) is 0 Å². The molecular formula is C17H22N4O. The van der Waals surface area contributed by atoms with Crippen LogP contribution in [0.4, 0.5) is 5.82 Å². The lowest BCUT2D eigenvalue weighted by molar-refractivity contribution is 0.285. The zero-order valence-electron chi connectivity index (χ0n) is 13.6. The Labute approximate surface area is 131 Å². The second kappa shape index (κ2) is 6.52. The summed E-state index contributed by atoms with van der Waals surface area (Å²) in [4.78, 5) is 0. The number of aryl methyl sites for hydroxylation is 2. The molecule has 0 radical (unpaired) electrons. The lowest BCUT2D eigenvalue weighted by Crippen LogP contribution is -2.09. The maximum Gasteiger partial charge on any atom is 0.253 e. The quantitative estimate of drug-likeness (QED) is 0.916. The Morgan fingerprint density at radius 1 is 1.41 bits per heavy atom. The smallest absolute Gasteiger partial charge is 0.253 e. The van der Waals surface area contributed by atoms with E-state index >= 15 is 0 Å². The van der Waals surface area contributed by atoms with E-state index in [1.165, 1.54) is 5.56 Å². The highest BCUT2D eigenvalue weighted by atomic mass is 16.5. The number of rotatable bonds is 5. The first-order valence-electron chi connectivity index (χ1n) is 7.44. The normalized spacial score (nSPS) is 12.0. The highest BCUT2D eigenvalue weighted by molar-refractivity contribution is 5.55. The molecule has 1 aromatic carbocycles. The number of aromatic nitrogens is 2. The fourth-order valence-electron chi connectivity index (χ4n) is 2.29. The third-order valence-corrected chi connectivity index (χ3v) is 3.90. The van der Waals surface area contributed by atoms with Gasteiger partial charge in [-0.15, -0.1) is 5.10 Å². The number of benzene rings is 1. The summed E-state index contributed by atoms with van der Waals surface area (Å²) in [5, 5.41) is 13.7. The molecule has 0 bridgehead atoms. The van der Waals surface area contributed by atoms with Gasteiger partial charge in [-0.05, 0) is 38.3 Å². The van der Waals surface area contributed by atoms with Crippen LogP contribution in [0, 0.1) is 25.2 Å². The molecule has 5 heteroatoms. The fourth-order valence-corrected chi connectivity index (χ4v) is 2.29. The second-order valence-electron chi connectivity index (χ2n) is 5.60. The lowest BCUT2D eigenvalue weighted by Gasteiger charge is -2.10. The first-order valence-corrected chi connectivity index (χ1v) is 7.44. The summed E-state index contributed by atoms with van der Waals surface area (Å²) < 4.78 is 7.42. The molecule has 0 spiro atoms. The van der Waals surface area contributed by atoms with Gasteiger partial charge in [0.25, 0.3) is 5.88 Å². The van der Waals surface area contributed by atoms with Gasteiger partial charge >= 0.3 is 0 Å². The van der Waals surface area contributed by atoms with Crippen LogP contribution in [0.2, 0.25) is 0 Å². The van der Waals surface area contributed by atoms with Crippen LogP contribution in [-0.4, -0.2) is 9.78 Å². The summed E-state index contributed by atoms with van der Waals surface area (Å²) in [6.45, 7) is 8.53. The lowest BCUT2D eigenvalue weighted by atomic mass is 10.1. The molecule has 0 amide bonds. The van der Waals surface area contributed by atoms with Crippen LogP contribution in [0.5, 0.6) is 5.88 Å². The Kier molecular flexibility index (Phi) is 4.71. The van der Waals surface area contributed by atoms with Crippen molar-refractivity contribution in [1.82, 2.24) is 9.78 Å². The first kappa shape index (κ1) is 15.9. The van der Waals surface area contributed by atoms with E-state index in [-0.39, 0.29) is 6.04 Å². The van der Waals surface area contributed by atoms with E-state index in [9.17, 15) is 5.26 Å². The number of nitriles is 1. The van der Waals surface area contributed by atoms with Crippen LogP contribution in [-0.2, 0) is 6.61 Å². The van der Waals surface area contributed by atoms with E-state index in [0.717, 1.165) is 17.5 Å². The molecule has 116 valence electrons. The van der Waals surface area contributed by atoms with E-state index in [0.29, 0.717) is 23.9 Å². The third-order valence-electron chi connectivity index (χ3n) is 3.90. The maximum absolute atomic E-state index is 9.29. The molecule has 0 saturated carbocycles. The van der Waals surface area contributed by atoms with Gasteiger partial charge in [0.1, 0.15) is 18.5 Å². The van der Waals surface area contributed by atoms with Gasteiger partial charge in [-0.25, -0.2) is 4.68 Å². The predicted octanol–water partition coefficient (Wildman–Crippen LogP) is 3.50. The molecule has 1 aromatic heterocycles. The summed E-state index contributed by atoms with van der Waals surface area (Å²) in [6, 6.07) is 8.41. The van der Waals surface area contributed by atoms with Gasteiger partial charge in [0, 0.05) is 0 Å². The van der Waals surface area contributed by atoms with Crippen molar-refractivity contribution < 1.29 is 4.74 Å². The van der Waals surface area contributed by atoms with Crippen molar-refractivity contribution in [2.45, 2.75) is 46.8 Å². The average Bonchev–Trinajstić information content (AvgIpc) is 2.81. The Hall–Kier alpha value is -2.48. The van der Waals surface area contributed by atoms with Gasteiger partial charge in [0.15, 0.2) is 5.56 Å². The number of nitrogens with two attached hydrogens (primary N) is 1. The minimum atomic E-state index is 0.130. The van der Waals surface area contributed by atoms with Crippen LogP contribution in [0.15, 0.2) is 18.2 Å². The molecule has 2 rings (SSSR count). The SMILES string of the molecule is CC[C@H](C)n1nc(OCc2ccc(C)cc2C)c(C#N)c1N. The standard InChI is InChI=1S/C17H22N4O/c1-5-13(4)21-16(19)15(9-18)17(20-21)22-10-14-7-6-11(2)8-12(14)3/h6-8,13H,5,10,19H2,1-4H3/t13-/m0/s1. The van der Waals surface area contributed by atoms with Crippen molar-refractivity contribution in [1.29, 1.82) is 5.26 Å². The Balaban J connectivity index is 2.24. The van der Waals surface area contributed by atoms with Crippen molar-refractivity contribution in [3.8, 4) is 11.9 Å². The van der Waals surface area contributed by atoms with E-state index in [2.05, 4.69) is 24.2 Å². The van der Waals surface area contributed by atoms with Crippen molar-refractivity contribution in [2.75, 3.05) is 5.73 Å². The molecule has 1 atom stereocenters. The number of nitrogen functional groups attached to an aromatic ring is 1. The maximum atomic E-state index is 9.29. The Bertz CT molecular complexity index is 712. The fraction of sp³-hybridized carbons (Fsp3) is 0.412. The molecule has 0 saturated heterocycles. The molecule has 2 aromatic rings. The van der Waals surface area contributed by atoms with Crippen LogP contribution in [0.3, 0.4) is 0 Å². The average molecular weight is 298 g/mol. The van der Waals surface area contributed by atoms with Crippen molar-refractivity contribution in [2.24, 2.45) is 0 Å². The van der Waals surface area contributed by atoms with Gasteiger partial charge < -0.3 is 10.5 Å². The van der Waals surface area contributed by atoms with Crippen molar-refractivity contribution in [3.63, 3.8) is 0 Å². The Morgan fingerprint density at radius 2 is 2.14 bits per heavy atom. The number of hydrogen-bond donors (Lipinski definition) is 1. The van der Waals surface area contributed by atoms with Crippen LogP contribution >= 0.6 is 0 Å². The monoisotopic (exact) mass is 298 g/mol. The minimum Gasteiger partial charge on any atom is -0.471 e. The molecular weight excluding hydrogens is 276 g/mol. The van der Waals surface area contributed by atoms with Gasteiger partial charge in [0.2, 0.25) is 0 Å². The Morgan fingerprint density at radius 3 is 2.73 bits per heavy atom. The third kappa shape index (κ3) is 3.06. The van der Waals surface area contributed by atoms with E-state index in [1.807, 2.05) is 32.9 Å². The van der Waals surface area contributed by atoms with E-state index < -0.39 is 0 Å². The van der Waals surface area contributed by atoms with Crippen LogP contribution < -0.4 is 10.5 Å². The van der Waals surface area contributed by atoms with Crippen molar-refractivity contribution in [3.05, 3.63) is 40.5 Å². The first-order chi connectivity index (χ1) is 10.5. The van der Waals surface area contributed by atoms with Crippen LogP contribution in [0.1, 0.15) is 48.6 Å². The molecule has 22 heavy (non-hydrogen) atoms. The van der Waals surface area contributed by atoms with E-state index in [4.69, 9.17) is 10.5 Å². The summed E-state index contributed by atoms with van der Waals surface area (Å²) >= 11 is 0. The minimum absolute atomic E-state index is 0.130. The van der Waals surface area contributed by atoms with Gasteiger partial charge in [-0.1, -0.05) is 30.7 Å². The number of anilines is 1. The molecule has 0 aliphatic heterocycles. The number of hydrogen-bond acceptors (Lipinski definition) is 4. The molecule has 0 aliphatic carbocycles. The largest absolute Gasteiger partial charge is 0.471 e. The molecule has 0 aliphatic rings. The number of nitrogens with zero attached hydrogens (tertiary/aromatic N) is 3. The second-order valence-corrected chi connectivity index (χ2v) is 5.60. The van der Waals surface area contributed by atoms with Gasteiger partial charge in [0.05, 0.1) is 6.04 Å². The predicted molar refractivity (Wildman–Crippen MR) is 86.6 cm³/mol. The van der Waals surface area contributed by atoms with Gasteiger partial charge in [-0.2, -0.15) is 5.26 Å². The summed E-state index contributed by atoms with van der Waals surface area (Å²) in [5.74, 6) is 0.674. The summed E-state index contributed by atoms with van der Waals surface area (Å²) in [7, 11) is 0. The van der Waals surface area contributed by atoms with Crippen molar-refractivity contribution >= 4 is 5.82 Å². The highest BCUT2D eigenvalue weighted by Gasteiger charge is 2.19. The van der Waals surface area contributed by atoms with E-state index in [1.54, 1.807) is 4.68 Å². The zero-order valence-corrected chi connectivity index (χ0v) is 13.6. The zero-order chi connectivity index (χ0) is 16.3. The molecule has 2 N–H and O–H groups in total. The summed E-state index contributed by atoms with van der Waals surface area (Å²) in [5.41, 5.74) is 9.77. The van der Waals surface area contributed by atoms with Crippen LogP contribution in [0.25, 0.3) is 0 Å². The number of ether oxygens (including phenoxy) is 1. The molecule has 0 unspecified atom stereocenters.